The zero-order chi connectivity index (χ0) is 17.4. The van der Waals surface area contributed by atoms with Crippen LogP contribution in [0.15, 0.2) is 16.5 Å². The number of rotatable bonds is 2. The number of nitrogens with one attached hydrogen (secondary N) is 2. The topological polar surface area (TPSA) is 118 Å². The fraction of sp³-hybridized carbons (Fsp3) is 0.176. The molecule has 0 aliphatic rings. The average molecular weight is 319 g/mol. The average Bonchev–Trinajstić information content (AvgIpc) is 3.12. The molecular formula is C17H13N5O2. The molecule has 0 unspecified atom stereocenters. The number of hydrogen-bond donors (Lipinski definition) is 2. The highest BCUT2D eigenvalue weighted by Crippen LogP contribution is 2.30. The van der Waals surface area contributed by atoms with E-state index in [9.17, 15) is 4.79 Å². The molecule has 118 valence electrons. The van der Waals surface area contributed by atoms with Crippen molar-refractivity contribution >= 4 is 22.8 Å². The molecule has 0 bridgehead atoms. The summed E-state index contributed by atoms with van der Waals surface area (Å²) in [5.74, 6) is -0.289. The smallest absolute Gasteiger partial charge is 0.293 e. The number of nitrogens with zero attached hydrogens (tertiary/aromatic N) is 3. The van der Waals surface area contributed by atoms with Gasteiger partial charge in [-0.2, -0.15) is 10.5 Å². The molecule has 0 fully saturated rings. The van der Waals surface area contributed by atoms with Crippen LogP contribution in [0, 0.1) is 43.4 Å². The van der Waals surface area contributed by atoms with Gasteiger partial charge in [0.05, 0.1) is 0 Å². The van der Waals surface area contributed by atoms with Gasteiger partial charge in [-0.1, -0.05) is 12.1 Å². The molecule has 2 aromatic heterocycles. The van der Waals surface area contributed by atoms with E-state index >= 15 is 0 Å². The van der Waals surface area contributed by atoms with Crippen LogP contribution in [0.5, 0.6) is 0 Å². The highest BCUT2D eigenvalue weighted by Gasteiger charge is 2.21. The molecule has 0 atom stereocenters. The molecule has 2 N–H and O–H groups in total. The number of aromatic nitrogens is 2. The summed E-state index contributed by atoms with van der Waals surface area (Å²) in [4.78, 5) is 19.0. The normalized spacial score (nSPS) is 10.4. The van der Waals surface area contributed by atoms with E-state index in [0.29, 0.717) is 5.58 Å². The standard InChI is InChI=1S/C17H13N5O2/c1-8-4-5-9(2)14-13(8)10(3)15(24-14)16(23)22-17-20-11(6-18)12(7-19)21-17/h4-5H,1-3H3,(H2,20,21,22,23). The molecule has 2 heterocycles. The van der Waals surface area contributed by atoms with Crippen LogP contribution in [0.1, 0.15) is 38.6 Å². The molecule has 0 saturated heterocycles. The first-order valence-corrected chi connectivity index (χ1v) is 7.17. The van der Waals surface area contributed by atoms with Crippen molar-refractivity contribution in [3.8, 4) is 12.1 Å². The zero-order valence-electron chi connectivity index (χ0n) is 13.3. The van der Waals surface area contributed by atoms with Crippen LogP contribution in [-0.2, 0) is 0 Å². The van der Waals surface area contributed by atoms with E-state index in [-0.39, 0.29) is 23.1 Å². The second-order valence-corrected chi connectivity index (χ2v) is 5.45. The van der Waals surface area contributed by atoms with Crippen molar-refractivity contribution < 1.29 is 9.21 Å². The molecule has 7 heteroatoms. The molecule has 3 rings (SSSR count). The van der Waals surface area contributed by atoms with Crippen molar-refractivity contribution in [2.24, 2.45) is 0 Å². The number of furan rings is 1. The molecule has 0 radical (unpaired) electrons. The lowest BCUT2D eigenvalue weighted by atomic mass is 10.0. The van der Waals surface area contributed by atoms with Crippen LogP contribution in [0.25, 0.3) is 11.0 Å². The van der Waals surface area contributed by atoms with E-state index in [2.05, 4.69) is 15.3 Å². The number of anilines is 1. The summed E-state index contributed by atoms with van der Waals surface area (Å²) in [5.41, 5.74) is 3.30. The van der Waals surface area contributed by atoms with Gasteiger partial charge in [-0.25, -0.2) is 4.98 Å². The Hall–Kier alpha value is -3.58. The Morgan fingerprint density at radius 1 is 1.21 bits per heavy atom. The SMILES string of the molecule is Cc1ccc(C)c2c(C)c(C(=O)Nc3nc(C#N)c(C#N)[nH]3)oc12. The van der Waals surface area contributed by atoms with Crippen LogP contribution in [0.4, 0.5) is 5.95 Å². The lowest BCUT2D eigenvalue weighted by molar-refractivity contribution is 0.0997. The molecule has 3 aromatic rings. The number of amides is 1. The van der Waals surface area contributed by atoms with Crippen LogP contribution in [0.2, 0.25) is 0 Å². The van der Waals surface area contributed by atoms with Gasteiger partial charge in [-0.3, -0.25) is 10.1 Å². The van der Waals surface area contributed by atoms with E-state index in [1.165, 1.54) is 0 Å². The Bertz CT molecular complexity index is 1030. The third kappa shape index (κ3) is 2.29. The molecule has 1 aromatic carbocycles. The summed E-state index contributed by atoms with van der Waals surface area (Å²) in [6.07, 6.45) is 0. The Labute approximate surface area is 137 Å². The largest absolute Gasteiger partial charge is 0.450 e. The minimum Gasteiger partial charge on any atom is -0.450 e. The quantitative estimate of drug-likeness (QED) is 0.752. The molecule has 24 heavy (non-hydrogen) atoms. The van der Waals surface area contributed by atoms with Gasteiger partial charge in [0, 0.05) is 10.9 Å². The number of carbonyl (C=O) groups is 1. The second-order valence-electron chi connectivity index (χ2n) is 5.45. The summed E-state index contributed by atoms with van der Waals surface area (Å²) in [6, 6.07) is 7.52. The van der Waals surface area contributed by atoms with E-state index < -0.39 is 5.91 Å². The first-order valence-electron chi connectivity index (χ1n) is 7.17. The van der Waals surface area contributed by atoms with Crippen molar-refractivity contribution in [2.45, 2.75) is 20.8 Å². The van der Waals surface area contributed by atoms with E-state index in [1.54, 1.807) is 6.07 Å². The van der Waals surface area contributed by atoms with Crippen molar-refractivity contribution in [3.05, 3.63) is 46.0 Å². The monoisotopic (exact) mass is 319 g/mol. The number of carbonyl (C=O) groups excluding carboxylic acids is 1. The minimum absolute atomic E-state index is 0.000756. The Kier molecular flexibility index (Phi) is 3.55. The maximum atomic E-state index is 12.5. The molecule has 1 amide bonds. The molecule has 0 aliphatic heterocycles. The third-order valence-electron chi connectivity index (χ3n) is 3.84. The number of benzene rings is 1. The Morgan fingerprint density at radius 2 is 1.92 bits per heavy atom. The lowest BCUT2D eigenvalue weighted by Gasteiger charge is -1.99. The van der Waals surface area contributed by atoms with Gasteiger partial charge in [-0.05, 0) is 31.9 Å². The fourth-order valence-corrected chi connectivity index (χ4v) is 2.65. The van der Waals surface area contributed by atoms with Crippen molar-refractivity contribution in [1.29, 1.82) is 10.5 Å². The zero-order valence-corrected chi connectivity index (χ0v) is 13.3. The fourth-order valence-electron chi connectivity index (χ4n) is 2.65. The first-order chi connectivity index (χ1) is 11.5. The Morgan fingerprint density at radius 3 is 2.50 bits per heavy atom. The number of imidazole rings is 1. The number of aryl methyl sites for hydroxylation is 3. The van der Waals surface area contributed by atoms with E-state index in [0.717, 1.165) is 22.1 Å². The van der Waals surface area contributed by atoms with Crippen molar-refractivity contribution in [2.75, 3.05) is 5.32 Å². The molecule has 0 aliphatic carbocycles. The predicted octanol–water partition coefficient (Wildman–Crippen LogP) is 3.08. The minimum atomic E-state index is -0.495. The van der Waals surface area contributed by atoms with Gasteiger partial charge in [0.25, 0.3) is 5.91 Å². The maximum Gasteiger partial charge on any atom is 0.293 e. The molecule has 0 saturated carbocycles. The summed E-state index contributed by atoms with van der Waals surface area (Å²) in [7, 11) is 0. The van der Waals surface area contributed by atoms with Gasteiger partial charge in [0.2, 0.25) is 5.95 Å². The van der Waals surface area contributed by atoms with Gasteiger partial charge < -0.3 is 9.40 Å². The summed E-state index contributed by atoms with van der Waals surface area (Å²) in [5, 5.41) is 21.2. The number of hydrogen-bond acceptors (Lipinski definition) is 5. The predicted molar refractivity (Wildman–Crippen MR) is 86.4 cm³/mol. The summed E-state index contributed by atoms with van der Waals surface area (Å²) < 4.78 is 5.75. The first kappa shape index (κ1) is 15.3. The molecule has 7 nitrogen and oxygen atoms in total. The van der Waals surface area contributed by atoms with Crippen LogP contribution >= 0.6 is 0 Å². The van der Waals surface area contributed by atoms with Crippen LogP contribution in [0.3, 0.4) is 0 Å². The number of fused-ring (bicyclic) bond motifs is 1. The summed E-state index contributed by atoms with van der Waals surface area (Å²) in [6.45, 7) is 5.69. The van der Waals surface area contributed by atoms with E-state index in [1.807, 2.05) is 39.0 Å². The molecule has 0 spiro atoms. The van der Waals surface area contributed by atoms with Gasteiger partial charge in [0.15, 0.2) is 17.1 Å². The highest BCUT2D eigenvalue weighted by molar-refractivity contribution is 6.06. The number of H-pyrrole nitrogens is 1. The van der Waals surface area contributed by atoms with Crippen LogP contribution in [-0.4, -0.2) is 15.9 Å². The maximum absolute atomic E-state index is 12.5. The summed E-state index contributed by atoms with van der Waals surface area (Å²) >= 11 is 0. The van der Waals surface area contributed by atoms with Crippen LogP contribution < -0.4 is 5.32 Å². The Balaban J connectivity index is 2.01. The highest BCUT2D eigenvalue weighted by atomic mass is 16.3. The number of aromatic amines is 1. The lowest BCUT2D eigenvalue weighted by Crippen LogP contribution is -2.13. The molecular weight excluding hydrogens is 306 g/mol. The third-order valence-corrected chi connectivity index (χ3v) is 3.84. The number of nitriles is 2. The van der Waals surface area contributed by atoms with Crippen molar-refractivity contribution in [3.63, 3.8) is 0 Å². The van der Waals surface area contributed by atoms with Crippen molar-refractivity contribution in [1.82, 2.24) is 9.97 Å². The van der Waals surface area contributed by atoms with Gasteiger partial charge in [-0.15, -0.1) is 0 Å². The van der Waals surface area contributed by atoms with E-state index in [4.69, 9.17) is 14.9 Å². The van der Waals surface area contributed by atoms with Gasteiger partial charge in [0.1, 0.15) is 17.7 Å². The van der Waals surface area contributed by atoms with Gasteiger partial charge >= 0.3 is 0 Å². The second kappa shape index (κ2) is 5.56.